The smallest absolute Gasteiger partial charge is 0.410 e. The van der Waals surface area contributed by atoms with E-state index in [4.69, 9.17) is 4.74 Å². The number of rotatable bonds is 4. The average molecular weight is 412 g/mol. The van der Waals surface area contributed by atoms with Crippen molar-refractivity contribution in [2.24, 2.45) is 0 Å². The molecule has 1 aliphatic rings. The lowest BCUT2D eigenvalue weighted by atomic mass is 10.2. The van der Waals surface area contributed by atoms with E-state index in [1.54, 1.807) is 23.6 Å². The maximum absolute atomic E-state index is 12.7. The van der Waals surface area contributed by atoms with Gasteiger partial charge in [0.1, 0.15) is 5.60 Å². The molecule has 0 atom stereocenters. The number of hydrogen-bond acceptors (Lipinski definition) is 5. The summed E-state index contributed by atoms with van der Waals surface area (Å²) in [6.07, 6.45) is -0.383. The lowest BCUT2D eigenvalue weighted by Gasteiger charge is -2.35. The number of nitrogens with zero attached hydrogens (tertiary/aromatic N) is 2. The van der Waals surface area contributed by atoms with Crippen molar-refractivity contribution in [3.05, 3.63) is 29.8 Å². The van der Waals surface area contributed by atoms with Crippen molar-refractivity contribution >= 4 is 22.0 Å². The van der Waals surface area contributed by atoms with Crippen molar-refractivity contribution in [1.82, 2.24) is 14.5 Å². The van der Waals surface area contributed by atoms with Crippen LogP contribution in [-0.2, 0) is 14.8 Å². The Morgan fingerprint density at radius 1 is 1.00 bits per heavy atom. The van der Waals surface area contributed by atoms with Gasteiger partial charge in [-0.25, -0.2) is 17.9 Å². The van der Waals surface area contributed by atoms with Crippen LogP contribution in [-0.4, -0.2) is 68.0 Å². The maximum Gasteiger partial charge on any atom is 0.410 e. The molecule has 28 heavy (non-hydrogen) atoms. The molecule has 0 spiro atoms. The van der Waals surface area contributed by atoms with Gasteiger partial charge in [-0.1, -0.05) is 0 Å². The second-order valence-corrected chi connectivity index (χ2v) is 9.77. The van der Waals surface area contributed by atoms with E-state index in [1.807, 2.05) is 20.8 Å². The fourth-order valence-corrected chi connectivity index (χ4v) is 4.01. The largest absolute Gasteiger partial charge is 0.444 e. The van der Waals surface area contributed by atoms with E-state index in [0.717, 1.165) is 0 Å². The second-order valence-electron chi connectivity index (χ2n) is 8.06. The van der Waals surface area contributed by atoms with E-state index in [-0.39, 0.29) is 22.9 Å². The molecule has 1 fully saturated rings. The summed E-state index contributed by atoms with van der Waals surface area (Å²) >= 11 is 0. The molecule has 0 aliphatic carbocycles. The van der Waals surface area contributed by atoms with Gasteiger partial charge in [0, 0.05) is 37.8 Å². The van der Waals surface area contributed by atoms with E-state index in [2.05, 4.69) is 4.72 Å². The highest BCUT2D eigenvalue weighted by Crippen LogP contribution is 2.16. The third kappa shape index (κ3) is 5.93. The van der Waals surface area contributed by atoms with Gasteiger partial charge >= 0.3 is 6.09 Å². The second kappa shape index (κ2) is 8.48. The third-order valence-electron chi connectivity index (χ3n) is 4.02. The van der Waals surface area contributed by atoms with E-state index in [0.29, 0.717) is 31.7 Å². The predicted octanol–water partition coefficient (Wildman–Crippen LogP) is 2.07. The van der Waals surface area contributed by atoms with Gasteiger partial charge in [0.05, 0.1) is 4.90 Å². The molecule has 1 heterocycles. The molecule has 0 aromatic heterocycles. The van der Waals surface area contributed by atoms with E-state index in [9.17, 15) is 18.0 Å². The summed E-state index contributed by atoms with van der Waals surface area (Å²) < 4.78 is 32.2. The zero-order chi connectivity index (χ0) is 21.1. The highest BCUT2D eigenvalue weighted by atomic mass is 32.2. The van der Waals surface area contributed by atoms with E-state index < -0.39 is 15.6 Å². The fraction of sp³-hybridized carbons (Fsp3) is 0.579. The molecule has 1 N–H and O–H groups in total. The number of nitrogens with one attached hydrogen (secondary N) is 1. The van der Waals surface area contributed by atoms with Crippen molar-refractivity contribution in [3.8, 4) is 0 Å². The molecule has 1 aromatic carbocycles. The van der Waals surface area contributed by atoms with Crippen molar-refractivity contribution in [2.45, 2.75) is 51.2 Å². The Bertz CT molecular complexity index is 805. The van der Waals surface area contributed by atoms with Gasteiger partial charge in [0.25, 0.3) is 5.91 Å². The lowest BCUT2D eigenvalue weighted by molar-refractivity contribution is 0.0141. The molecular formula is C19H29N3O5S. The summed E-state index contributed by atoms with van der Waals surface area (Å²) in [5.74, 6) is -0.190. The van der Waals surface area contributed by atoms with E-state index in [1.165, 1.54) is 24.3 Å². The Morgan fingerprint density at radius 2 is 1.50 bits per heavy atom. The number of carbonyl (C=O) groups excluding carboxylic acids is 2. The first-order chi connectivity index (χ1) is 12.9. The summed E-state index contributed by atoms with van der Waals surface area (Å²) in [6.45, 7) is 10.5. The number of carbonyl (C=O) groups is 2. The Labute approximate surface area is 166 Å². The molecule has 1 aromatic rings. The van der Waals surface area contributed by atoms with Gasteiger partial charge in [-0.05, 0) is 58.9 Å². The minimum atomic E-state index is -3.59. The first-order valence-corrected chi connectivity index (χ1v) is 10.8. The van der Waals surface area contributed by atoms with Crippen molar-refractivity contribution < 1.29 is 22.7 Å². The number of piperazine rings is 1. The summed E-state index contributed by atoms with van der Waals surface area (Å²) in [5, 5.41) is 0. The van der Waals surface area contributed by atoms with Gasteiger partial charge in [-0.2, -0.15) is 0 Å². The quantitative estimate of drug-likeness (QED) is 0.818. The molecule has 0 saturated carbocycles. The first kappa shape index (κ1) is 22.2. The standard InChI is InChI=1S/C19H29N3O5S/c1-14(2)20-28(25,26)16-8-6-15(7-9-16)17(23)21-10-12-22(13-11-21)18(24)27-19(3,4)5/h6-9,14,20H,10-13H2,1-5H3. The minimum absolute atomic E-state index is 0.118. The number of benzene rings is 1. The Kier molecular flexibility index (Phi) is 6.71. The summed E-state index contributed by atoms with van der Waals surface area (Å²) in [6, 6.07) is 5.66. The Hall–Kier alpha value is -2.13. The third-order valence-corrected chi connectivity index (χ3v) is 5.70. The number of hydrogen-bond donors (Lipinski definition) is 1. The van der Waals surface area contributed by atoms with E-state index >= 15 is 0 Å². The average Bonchev–Trinajstić information content (AvgIpc) is 2.59. The van der Waals surface area contributed by atoms with Crippen LogP contribution >= 0.6 is 0 Å². The molecule has 2 amide bonds. The topological polar surface area (TPSA) is 96.0 Å². The molecule has 0 unspecified atom stereocenters. The molecule has 1 saturated heterocycles. The Morgan fingerprint density at radius 3 is 1.96 bits per heavy atom. The van der Waals surface area contributed by atoms with Crippen LogP contribution in [0, 0.1) is 0 Å². The van der Waals surface area contributed by atoms with Crippen LogP contribution in [0.2, 0.25) is 0 Å². The number of ether oxygens (including phenoxy) is 1. The van der Waals surface area contributed by atoms with Crippen LogP contribution in [0.25, 0.3) is 0 Å². The predicted molar refractivity (Wildman–Crippen MR) is 106 cm³/mol. The fourth-order valence-electron chi connectivity index (χ4n) is 2.76. The van der Waals surface area contributed by atoms with Gasteiger partial charge < -0.3 is 14.5 Å². The number of amides is 2. The lowest BCUT2D eigenvalue weighted by Crippen LogP contribution is -2.51. The zero-order valence-electron chi connectivity index (χ0n) is 17.1. The summed E-state index contributed by atoms with van der Waals surface area (Å²) in [7, 11) is -3.59. The SMILES string of the molecule is CC(C)NS(=O)(=O)c1ccc(C(=O)N2CCN(C(=O)OC(C)(C)C)CC2)cc1. The van der Waals surface area contributed by atoms with Gasteiger partial charge in [0.15, 0.2) is 0 Å². The molecule has 2 rings (SSSR count). The van der Waals surface area contributed by atoms with Crippen molar-refractivity contribution in [2.75, 3.05) is 26.2 Å². The maximum atomic E-state index is 12.7. The summed E-state index contributed by atoms with van der Waals surface area (Å²) in [5.41, 5.74) is -0.148. The molecule has 0 bridgehead atoms. The van der Waals surface area contributed by atoms with Gasteiger partial charge in [0.2, 0.25) is 10.0 Å². The molecule has 1 aliphatic heterocycles. The van der Waals surface area contributed by atoms with Gasteiger partial charge in [-0.15, -0.1) is 0 Å². The molecule has 8 nitrogen and oxygen atoms in total. The first-order valence-electron chi connectivity index (χ1n) is 9.28. The Balaban J connectivity index is 1.98. The minimum Gasteiger partial charge on any atom is -0.444 e. The van der Waals surface area contributed by atoms with Crippen LogP contribution in [0.4, 0.5) is 4.79 Å². The molecule has 0 radical (unpaired) electrons. The monoisotopic (exact) mass is 411 g/mol. The zero-order valence-corrected chi connectivity index (χ0v) is 17.9. The van der Waals surface area contributed by atoms with Crippen molar-refractivity contribution in [3.63, 3.8) is 0 Å². The normalized spacial score (nSPS) is 15.6. The van der Waals surface area contributed by atoms with Crippen LogP contribution < -0.4 is 4.72 Å². The van der Waals surface area contributed by atoms with Crippen LogP contribution in [0.15, 0.2) is 29.2 Å². The van der Waals surface area contributed by atoms with Crippen molar-refractivity contribution in [1.29, 1.82) is 0 Å². The molecular weight excluding hydrogens is 382 g/mol. The molecule has 9 heteroatoms. The van der Waals surface area contributed by atoms with Crippen LogP contribution in [0.3, 0.4) is 0 Å². The van der Waals surface area contributed by atoms with Gasteiger partial charge in [-0.3, -0.25) is 4.79 Å². The number of sulfonamides is 1. The highest BCUT2D eigenvalue weighted by molar-refractivity contribution is 7.89. The van der Waals surface area contributed by atoms with Crippen LogP contribution in [0.5, 0.6) is 0 Å². The van der Waals surface area contributed by atoms with Crippen LogP contribution in [0.1, 0.15) is 45.0 Å². The molecule has 156 valence electrons. The summed E-state index contributed by atoms with van der Waals surface area (Å²) in [4.78, 5) is 28.1. The highest BCUT2D eigenvalue weighted by Gasteiger charge is 2.28.